The Morgan fingerprint density at radius 1 is 1.45 bits per heavy atom. The molecule has 0 saturated carbocycles. The molecule has 0 radical (unpaired) electrons. The molecular formula is C10H19N. The van der Waals surface area contributed by atoms with E-state index in [-0.39, 0.29) is 0 Å². The van der Waals surface area contributed by atoms with Gasteiger partial charge in [-0.05, 0) is 32.0 Å². The van der Waals surface area contributed by atoms with Crippen LogP contribution in [0.1, 0.15) is 27.7 Å². The Balaban J connectivity index is 3.72. The van der Waals surface area contributed by atoms with E-state index in [0.717, 1.165) is 6.54 Å². The Morgan fingerprint density at radius 3 is 2.55 bits per heavy atom. The average molecular weight is 153 g/mol. The zero-order valence-electron chi connectivity index (χ0n) is 8.02. The minimum Gasteiger partial charge on any atom is -0.391 e. The lowest BCUT2D eigenvalue weighted by atomic mass is 10.1. The van der Waals surface area contributed by atoms with Gasteiger partial charge in [-0.1, -0.05) is 25.5 Å². The highest BCUT2D eigenvalue weighted by Gasteiger charge is 1.91. The van der Waals surface area contributed by atoms with Crippen LogP contribution in [-0.2, 0) is 0 Å². The maximum atomic E-state index is 3.12. The first-order chi connectivity index (χ1) is 5.18. The lowest BCUT2D eigenvalue weighted by Crippen LogP contribution is -2.00. The fraction of sp³-hybridized carbons (Fsp3) is 0.600. The minimum atomic E-state index is 0.654. The van der Waals surface area contributed by atoms with Crippen LogP contribution < -0.4 is 5.32 Å². The molecule has 0 heterocycles. The van der Waals surface area contributed by atoms with E-state index < -0.39 is 0 Å². The second kappa shape index (κ2) is 6.02. The molecule has 0 spiro atoms. The molecule has 0 aliphatic heterocycles. The Labute approximate surface area is 70.2 Å². The van der Waals surface area contributed by atoms with E-state index in [2.05, 4.69) is 45.2 Å². The molecule has 0 aromatic heterocycles. The summed E-state index contributed by atoms with van der Waals surface area (Å²) in [6, 6.07) is 0. The van der Waals surface area contributed by atoms with E-state index >= 15 is 0 Å². The number of rotatable bonds is 4. The van der Waals surface area contributed by atoms with Crippen molar-refractivity contribution in [3.05, 3.63) is 23.9 Å². The third-order valence-corrected chi connectivity index (χ3v) is 1.69. The molecule has 0 amide bonds. The quantitative estimate of drug-likeness (QED) is 0.612. The van der Waals surface area contributed by atoms with Crippen LogP contribution in [0, 0.1) is 5.92 Å². The summed E-state index contributed by atoms with van der Waals surface area (Å²) < 4.78 is 0. The van der Waals surface area contributed by atoms with Crippen molar-refractivity contribution >= 4 is 0 Å². The summed E-state index contributed by atoms with van der Waals surface area (Å²) in [5.41, 5.74) is 1.42. The van der Waals surface area contributed by atoms with Crippen LogP contribution in [0.15, 0.2) is 23.9 Å². The molecule has 11 heavy (non-hydrogen) atoms. The van der Waals surface area contributed by atoms with Gasteiger partial charge in [-0.25, -0.2) is 0 Å². The van der Waals surface area contributed by atoms with Crippen molar-refractivity contribution in [2.45, 2.75) is 27.7 Å². The summed E-state index contributed by atoms with van der Waals surface area (Å²) in [4.78, 5) is 0. The summed E-state index contributed by atoms with van der Waals surface area (Å²) in [7, 11) is 0. The summed E-state index contributed by atoms with van der Waals surface area (Å²) in [6.07, 6.45) is 6.18. The van der Waals surface area contributed by atoms with Crippen LogP contribution in [0.3, 0.4) is 0 Å². The molecule has 0 aromatic carbocycles. The van der Waals surface area contributed by atoms with Gasteiger partial charge < -0.3 is 5.32 Å². The van der Waals surface area contributed by atoms with Crippen LogP contribution in [0.5, 0.6) is 0 Å². The molecule has 1 nitrogen and oxygen atoms in total. The van der Waals surface area contributed by atoms with Gasteiger partial charge in [0.2, 0.25) is 0 Å². The van der Waals surface area contributed by atoms with Crippen LogP contribution in [0.2, 0.25) is 0 Å². The fourth-order valence-electron chi connectivity index (χ4n) is 0.578. The third-order valence-electron chi connectivity index (χ3n) is 1.69. The largest absolute Gasteiger partial charge is 0.391 e. The first-order valence-corrected chi connectivity index (χ1v) is 4.25. The summed E-state index contributed by atoms with van der Waals surface area (Å²) in [6.45, 7) is 9.63. The smallest absolute Gasteiger partial charge is 0.0113 e. The van der Waals surface area contributed by atoms with E-state index in [1.54, 1.807) is 0 Å². The van der Waals surface area contributed by atoms with Crippen molar-refractivity contribution in [2.24, 2.45) is 5.92 Å². The molecule has 0 rings (SSSR count). The van der Waals surface area contributed by atoms with Crippen LogP contribution >= 0.6 is 0 Å². The number of hydrogen-bond acceptors (Lipinski definition) is 1. The molecule has 1 heteroatoms. The number of hydrogen-bond donors (Lipinski definition) is 1. The van der Waals surface area contributed by atoms with Gasteiger partial charge in [0, 0.05) is 6.54 Å². The van der Waals surface area contributed by atoms with Gasteiger partial charge in [0.25, 0.3) is 0 Å². The topological polar surface area (TPSA) is 12.0 Å². The SMILES string of the molecule is CCN/C=C\C=C(/C)C(C)C. The predicted octanol–water partition coefficient (Wildman–Crippen LogP) is 2.71. The average Bonchev–Trinajstić information content (AvgIpc) is 1.97. The molecule has 0 aliphatic carbocycles. The van der Waals surface area contributed by atoms with Gasteiger partial charge in [0.1, 0.15) is 0 Å². The number of allylic oxidation sites excluding steroid dienone is 3. The predicted molar refractivity (Wildman–Crippen MR) is 51.4 cm³/mol. The third kappa shape index (κ3) is 5.71. The van der Waals surface area contributed by atoms with E-state index in [9.17, 15) is 0 Å². The van der Waals surface area contributed by atoms with E-state index in [4.69, 9.17) is 0 Å². The maximum absolute atomic E-state index is 3.12. The van der Waals surface area contributed by atoms with E-state index in [1.165, 1.54) is 5.57 Å². The Morgan fingerprint density at radius 2 is 2.09 bits per heavy atom. The molecule has 64 valence electrons. The molecule has 0 aromatic rings. The highest BCUT2D eigenvalue weighted by atomic mass is 14.8. The van der Waals surface area contributed by atoms with Gasteiger partial charge in [-0.15, -0.1) is 0 Å². The van der Waals surface area contributed by atoms with Crippen molar-refractivity contribution in [2.75, 3.05) is 6.54 Å². The van der Waals surface area contributed by atoms with Crippen molar-refractivity contribution in [3.63, 3.8) is 0 Å². The first-order valence-electron chi connectivity index (χ1n) is 4.25. The summed E-state index contributed by atoms with van der Waals surface area (Å²) >= 11 is 0. The van der Waals surface area contributed by atoms with E-state index in [1.807, 2.05) is 6.20 Å². The van der Waals surface area contributed by atoms with Gasteiger partial charge in [-0.3, -0.25) is 0 Å². The number of nitrogens with one attached hydrogen (secondary N) is 1. The molecular weight excluding hydrogens is 134 g/mol. The molecule has 0 aliphatic rings. The fourth-order valence-corrected chi connectivity index (χ4v) is 0.578. The monoisotopic (exact) mass is 153 g/mol. The lowest BCUT2D eigenvalue weighted by Gasteiger charge is -2.01. The van der Waals surface area contributed by atoms with Crippen molar-refractivity contribution in [1.82, 2.24) is 5.32 Å². The van der Waals surface area contributed by atoms with Crippen molar-refractivity contribution < 1.29 is 0 Å². The highest BCUT2D eigenvalue weighted by Crippen LogP contribution is 2.06. The maximum Gasteiger partial charge on any atom is 0.0113 e. The summed E-state index contributed by atoms with van der Waals surface area (Å²) in [5.74, 6) is 0.654. The Hall–Kier alpha value is -0.720. The standard InChI is InChI=1S/C10H19N/c1-5-11-8-6-7-10(4)9(2)3/h6-9,11H,5H2,1-4H3/b8-6-,10-7+. The molecule has 0 fully saturated rings. The van der Waals surface area contributed by atoms with Gasteiger partial charge in [0.15, 0.2) is 0 Å². The minimum absolute atomic E-state index is 0.654. The van der Waals surface area contributed by atoms with Crippen LogP contribution in [0.4, 0.5) is 0 Å². The second-order valence-corrected chi connectivity index (χ2v) is 2.98. The van der Waals surface area contributed by atoms with Crippen molar-refractivity contribution in [3.8, 4) is 0 Å². The zero-order chi connectivity index (χ0) is 8.69. The zero-order valence-corrected chi connectivity index (χ0v) is 8.02. The molecule has 0 saturated heterocycles. The summed E-state index contributed by atoms with van der Waals surface area (Å²) in [5, 5.41) is 3.12. The second-order valence-electron chi connectivity index (χ2n) is 2.98. The van der Waals surface area contributed by atoms with E-state index in [0.29, 0.717) is 5.92 Å². The van der Waals surface area contributed by atoms with Gasteiger partial charge in [0.05, 0.1) is 0 Å². The molecule has 0 atom stereocenters. The van der Waals surface area contributed by atoms with Crippen LogP contribution in [0.25, 0.3) is 0 Å². The van der Waals surface area contributed by atoms with Gasteiger partial charge >= 0.3 is 0 Å². The molecule has 0 unspecified atom stereocenters. The highest BCUT2D eigenvalue weighted by molar-refractivity contribution is 5.11. The normalized spacial score (nSPS) is 13.0. The molecule has 0 bridgehead atoms. The van der Waals surface area contributed by atoms with Crippen molar-refractivity contribution in [1.29, 1.82) is 0 Å². The Kier molecular flexibility index (Phi) is 5.63. The Bertz CT molecular complexity index is 143. The lowest BCUT2D eigenvalue weighted by molar-refractivity contribution is 0.769. The van der Waals surface area contributed by atoms with Crippen LogP contribution in [-0.4, -0.2) is 6.54 Å². The first kappa shape index (κ1) is 10.3. The molecule has 1 N–H and O–H groups in total. The van der Waals surface area contributed by atoms with Gasteiger partial charge in [-0.2, -0.15) is 0 Å².